The lowest BCUT2D eigenvalue weighted by Crippen LogP contribution is -1.98. The Kier molecular flexibility index (Phi) is 5.76. The van der Waals surface area contributed by atoms with E-state index in [9.17, 15) is 0 Å². The molecule has 1 atom stereocenters. The fourth-order valence-electron chi connectivity index (χ4n) is 1.87. The Bertz CT molecular complexity index is 586. The second kappa shape index (κ2) is 7.35. The van der Waals surface area contributed by atoms with Crippen LogP contribution in [-0.4, -0.2) is 6.61 Å². The molecule has 0 aliphatic heterocycles. The Morgan fingerprint density at radius 3 is 2.65 bits per heavy atom. The predicted molar refractivity (Wildman–Crippen MR) is 89.5 cm³/mol. The van der Waals surface area contributed by atoms with Crippen LogP contribution in [0.4, 0.5) is 0 Å². The number of benzene rings is 2. The molecule has 0 radical (unpaired) electrons. The van der Waals surface area contributed by atoms with Crippen molar-refractivity contribution in [3.05, 3.63) is 63.6 Å². The lowest BCUT2D eigenvalue weighted by Gasteiger charge is -2.14. The third-order valence-electron chi connectivity index (χ3n) is 2.86. The molecule has 2 aromatic carbocycles. The first-order valence-electron chi connectivity index (χ1n) is 6.43. The molecule has 0 saturated heterocycles. The van der Waals surface area contributed by atoms with Crippen LogP contribution in [0, 0.1) is 0 Å². The highest BCUT2D eigenvalue weighted by Crippen LogP contribution is 2.37. The van der Waals surface area contributed by atoms with Crippen molar-refractivity contribution in [1.82, 2.24) is 0 Å². The molecular weight excluding hydrogens is 359 g/mol. The number of hydrogen-bond donors (Lipinski definition) is 0. The summed E-state index contributed by atoms with van der Waals surface area (Å²) in [4.78, 5) is 0.0115. The second-order valence-electron chi connectivity index (χ2n) is 4.45. The van der Waals surface area contributed by atoms with E-state index in [0.717, 1.165) is 29.9 Å². The molecule has 106 valence electrons. The number of rotatable bonds is 5. The van der Waals surface area contributed by atoms with Crippen LogP contribution in [0.15, 0.2) is 42.5 Å². The Morgan fingerprint density at radius 1 is 1.15 bits per heavy atom. The lowest BCUT2D eigenvalue weighted by molar-refractivity contribution is 0.317. The quantitative estimate of drug-likeness (QED) is 0.561. The van der Waals surface area contributed by atoms with Gasteiger partial charge in [0.25, 0.3) is 0 Å². The molecule has 0 fully saturated rings. The molecule has 0 aliphatic carbocycles. The molecular formula is C16H15BrCl2O. The van der Waals surface area contributed by atoms with Gasteiger partial charge in [0.2, 0.25) is 0 Å². The molecule has 0 spiro atoms. The Hall–Kier alpha value is -0.700. The molecule has 0 saturated carbocycles. The highest BCUT2D eigenvalue weighted by molar-refractivity contribution is 9.09. The first kappa shape index (κ1) is 15.7. The van der Waals surface area contributed by atoms with Gasteiger partial charge in [-0.25, -0.2) is 0 Å². The second-order valence-corrected chi connectivity index (χ2v) is 6.21. The van der Waals surface area contributed by atoms with Crippen molar-refractivity contribution in [1.29, 1.82) is 0 Å². The summed E-state index contributed by atoms with van der Waals surface area (Å²) in [5.74, 6) is 0.874. The van der Waals surface area contributed by atoms with Crippen LogP contribution in [0.3, 0.4) is 0 Å². The molecule has 0 heterocycles. The standard InChI is InChI=1S/C16H15BrCl2O/c1-2-8-20-13-5-3-4-11(9-13)16(17)14-7-6-12(18)10-15(14)19/h3-7,9-10,16H,2,8H2,1H3. The molecule has 4 heteroatoms. The zero-order chi connectivity index (χ0) is 14.5. The monoisotopic (exact) mass is 372 g/mol. The van der Waals surface area contributed by atoms with Gasteiger partial charge in [-0.1, -0.05) is 64.3 Å². The van der Waals surface area contributed by atoms with E-state index >= 15 is 0 Å². The molecule has 1 nitrogen and oxygen atoms in total. The maximum atomic E-state index is 6.25. The predicted octanol–water partition coefficient (Wildman–Crippen LogP) is 6.27. The summed E-state index contributed by atoms with van der Waals surface area (Å²) in [5, 5.41) is 1.29. The summed E-state index contributed by atoms with van der Waals surface area (Å²) in [7, 11) is 0. The zero-order valence-corrected chi connectivity index (χ0v) is 14.2. The van der Waals surface area contributed by atoms with Crippen LogP contribution in [0.25, 0.3) is 0 Å². The van der Waals surface area contributed by atoms with Gasteiger partial charge in [0.05, 0.1) is 11.4 Å². The Morgan fingerprint density at radius 2 is 1.95 bits per heavy atom. The van der Waals surface area contributed by atoms with Crippen molar-refractivity contribution in [2.45, 2.75) is 18.2 Å². The minimum absolute atomic E-state index is 0.0115. The first-order chi connectivity index (χ1) is 9.61. The first-order valence-corrected chi connectivity index (χ1v) is 8.10. The van der Waals surface area contributed by atoms with Gasteiger partial charge in [0.1, 0.15) is 5.75 Å². The number of ether oxygens (including phenoxy) is 1. The topological polar surface area (TPSA) is 9.23 Å². The third-order valence-corrected chi connectivity index (χ3v) is 4.44. The summed E-state index contributed by atoms with van der Waals surface area (Å²) in [6.45, 7) is 2.81. The summed E-state index contributed by atoms with van der Waals surface area (Å²) in [6, 6.07) is 13.5. The number of alkyl halides is 1. The van der Waals surface area contributed by atoms with E-state index in [1.807, 2.05) is 36.4 Å². The van der Waals surface area contributed by atoms with Crippen LogP contribution in [0.2, 0.25) is 10.0 Å². The smallest absolute Gasteiger partial charge is 0.119 e. The molecule has 20 heavy (non-hydrogen) atoms. The van der Waals surface area contributed by atoms with Gasteiger partial charge in [-0.2, -0.15) is 0 Å². The Balaban J connectivity index is 2.26. The van der Waals surface area contributed by atoms with Gasteiger partial charge < -0.3 is 4.74 Å². The van der Waals surface area contributed by atoms with E-state index in [1.165, 1.54) is 0 Å². The van der Waals surface area contributed by atoms with Crippen LogP contribution >= 0.6 is 39.1 Å². The normalized spacial score (nSPS) is 12.2. The maximum Gasteiger partial charge on any atom is 0.119 e. The number of halogens is 3. The minimum Gasteiger partial charge on any atom is -0.494 e. The molecule has 2 aromatic rings. The molecule has 0 amide bonds. The third kappa shape index (κ3) is 3.91. The van der Waals surface area contributed by atoms with Crippen molar-refractivity contribution >= 4 is 39.1 Å². The van der Waals surface area contributed by atoms with E-state index in [-0.39, 0.29) is 4.83 Å². The molecule has 2 rings (SSSR count). The van der Waals surface area contributed by atoms with E-state index in [0.29, 0.717) is 10.0 Å². The van der Waals surface area contributed by atoms with Crippen LogP contribution < -0.4 is 4.74 Å². The van der Waals surface area contributed by atoms with Crippen molar-refractivity contribution < 1.29 is 4.74 Å². The van der Waals surface area contributed by atoms with E-state index < -0.39 is 0 Å². The van der Waals surface area contributed by atoms with Crippen LogP contribution in [0.5, 0.6) is 5.75 Å². The maximum absolute atomic E-state index is 6.25. The van der Waals surface area contributed by atoms with Crippen molar-refractivity contribution in [2.75, 3.05) is 6.61 Å². The zero-order valence-electron chi connectivity index (χ0n) is 11.1. The summed E-state index contributed by atoms with van der Waals surface area (Å²) in [5.41, 5.74) is 2.09. The molecule has 0 aliphatic rings. The number of hydrogen-bond acceptors (Lipinski definition) is 1. The molecule has 0 bridgehead atoms. The highest BCUT2D eigenvalue weighted by atomic mass is 79.9. The van der Waals surface area contributed by atoms with Gasteiger partial charge >= 0.3 is 0 Å². The van der Waals surface area contributed by atoms with Gasteiger partial charge in [-0.15, -0.1) is 0 Å². The van der Waals surface area contributed by atoms with Crippen molar-refractivity contribution in [2.24, 2.45) is 0 Å². The highest BCUT2D eigenvalue weighted by Gasteiger charge is 2.14. The van der Waals surface area contributed by atoms with Crippen LogP contribution in [-0.2, 0) is 0 Å². The summed E-state index contributed by atoms with van der Waals surface area (Å²) in [6.07, 6.45) is 0.991. The fraction of sp³-hybridized carbons (Fsp3) is 0.250. The lowest BCUT2D eigenvalue weighted by atomic mass is 10.0. The van der Waals surface area contributed by atoms with E-state index in [1.54, 1.807) is 6.07 Å². The summed E-state index contributed by atoms with van der Waals surface area (Å²) < 4.78 is 5.66. The largest absolute Gasteiger partial charge is 0.494 e. The van der Waals surface area contributed by atoms with Crippen LogP contribution in [0.1, 0.15) is 29.3 Å². The van der Waals surface area contributed by atoms with E-state index in [4.69, 9.17) is 27.9 Å². The fourth-order valence-corrected chi connectivity index (χ4v) is 3.20. The van der Waals surface area contributed by atoms with Crippen molar-refractivity contribution in [3.63, 3.8) is 0 Å². The Labute approximate surface area is 138 Å². The van der Waals surface area contributed by atoms with Gasteiger partial charge in [-0.3, -0.25) is 0 Å². The van der Waals surface area contributed by atoms with Crippen molar-refractivity contribution in [3.8, 4) is 5.75 Å². The molecule has 1 unspecified atom stereocenters. The van der Waals surface area contributed by atoms with Gasteiger partial charge in [0.15, 0.2) is 0 Å². The average Bonchev–Trinajstić information content (AvgIpc) is 2.45. The molecule has 0 N–H and O–H groups in total. The average molecular weight is 374 g/mol. The summed E-state index contributed by atoms with van der Waals surface area (Å²) >= 11 is 15.9. The van der Waals surface area contributed by atoms with Gasteiger partial charge in [0, 0.05) is 10.0 Å². The minimum atomic E-state index is 0.0115. The molecule has 0 aromatic heterocycles. The van der Waals surface area contributed by atoms with Gasteiger partial charge in [-0.05, 0) is 41.8 Å². The van der Waals surface area contributed by atoms with E-state index in [2.05, 4.69) is 22.9 Å². The SMILES string of the molecule is CCCOc1cccc(C(Br)c2ccc(Cl)cc2Cl)c1.